The Labute approximate surface area is 121 Å². The molecule has 6 heteroatoms. The number of rotatable bonds is 5. The van der Waals surface area contributed by atoms with Crippen LogP contribution in [0.2, 0.25) is 0 Å². The number of carbonyl (C=O) groups is 1. The minimum Gasteiger partial charge on any atom is -0.480 e. The molecule has 1 N–H and O–H groups in total. The zero-order valence-electron chi connectivity index (χ0n) is 11.6. The molecule has 0 amide bonds. The third kappa shape index (κ3) is 3.39. The van der Waals surface area contributed by atoms with Crippen LogP contribution in [0.25, 0.3) is 11.4 Å². The number of aliphatic carboxylic acids is 1. The van der Waals surface area contributed by atoms with Crippen molar-refractivity contribution in [1.82, 2.24) is 10.1 Å². The van der Waals surface area contributed by atoms with Crippen LogP contribution in [0.15, 0.2) is 28.8 Å². The van der Waals surface area contributed by atoms with E-state index in [0.717, 1.165) is 11.1 Å². The molecule has 0 aliphatic carbocycles. The van der Waals surface area contributed by atoms with Crippen molar-refractivity contribution in [2.75, 3.05) is 0 Å². The maximum atomic E-state index is 11.0. The predicted octanol–water partition coefficient (Wildman–Crippen LogP) is 3.14. The van der Waals surface area contributed by atoms with Gasteiger partial charge in [0.1, 0.15) is 4.75 Å². The van der Waals surface area contributed by atoms with Gasteiger partial charge < -0.3 is 9.63 Å². The molecule has 0 aliphatic rings. The fourth-order valence-corrected chi connectivity index (χ4v) is 2.16. The summed E-state index contributed by atoms with van der Waals surface area (Å²) in [6, 6.07) is 7.82. The number of hydrogen-bond donors (Lipinski definition) is 1. The quantitative estimate of drug-likeness (QED) is 0.912. The van der Waals surface area contributed by atoms with Crippen LogP contribution in [-0.4, -0.2) is 26.0 Å². The summed E-state index contributed by atoms with van der Waals surface area (Å²) < 4.78 is 4.27. The lowest BCUT2D eigenvalue weighted by atomic mass is 10.1. The van der Waals surface area contributed by atoms with Gasteiger partial charge in [0.2, 0.25) is 11.7 Å². The Morgan fingerprint density at radius 3 is 2.60 bits per heavy atom. The highest BCUT2D eigenvalue weighted by molar-refractivity contribution is 8.00. The number of aromatic nitrogens is 2. The van der Waals surface area contributed by atoms with E-state index < -0.39 is 10.7 Å². The van der Waals surface area contributed by atoms with Crippen LogP contribution in [0.5, 0.6) is 0 Å². The third-order valence-electron chi connectivity index (χ3n) is 2.85. The van der Waals surface area contributed by atoms with Gasteiger partial charge in [-0.25, -0.2) is 0 Å². The molecule has 106 valence electrons. The zero-order chi connectivity index (χ0) is 14.8. The van der Waals surface area contributed by atoms with Crippen LogP contribution in [0.4, 0.5) is 0 Å². The van der Waals surface area contributed by atoms with Crippen LogP contribution in [-0.2, 0) is 10.5 Å². The van der Waals surface area contributed by atoms with E-state index >= 15 is 0 Å². The number of carboxylic acids is 1. The lowest BCUT2D eigenvalue weighted by Gasteiger charge is -2.16. The number of aryl methyl sites for hydroxylation is 1. The Bertz CT molecular complexity index is 605. The predicted molar refractivity (Wildman–Crippen MR) is 77.5 cm³/mol. The summed E-state index contributed by atoms with van der Waals surface area (Å²) in [5, 5.41) is 13.0. The lowest BCUT2D eigenvalue weighted by molar-refractivity contribution is -0.138. The highest BCUT2D eigenvalue weighted by atomic mass is 32.2. The van der Waals surface area contributed by atoms with Gasteiger partial charge in [-0.2, -0.15) is 4.98 Å². The van der Waals surface area contributed by atoms with E-state index in [-0.39, 0.29) is 0 Å². The van der Waals surface area contributed by atoms with Gasteiger partial charge in [0.15, 0.2) is 0 Å². The summed E-state index contributed by atoms with van der Waals surface area (Å²) in [5.41, 5.74) is 2.05. The molecule has 1 aromatic carbocycles. The van der Waals surface area contributed by atoms with Crippen molar-refractivity contribution in [3.63, 3.8) is 0 Å². The van der Waals surface area contributed by atoms with Crippen molar-refractivity contribution in [2.45, 2.75) is 31.3 Å². The molecule has 1 heterocycles. The molecular formula is C14H16N2O3S. The van der Waals surface area contributed by atoms with Crippen molar-refractivity contribution >= 4 is 17.7 Å². The Morgan fingerprint density at radius 2 is 2.00 bits per heavy atom. The number of hydrogen-bond acceptors (Lipinski definition) is 5. The summed E-state index contributed by atoms with van der Waals surface area (Å²) in [4.78, 5) is 15.3. The number of benzene rings is 1. The second kappa shape index (κ2) is 5.66. The molecule has 0 bridgehead atoms. The molecule has 0 saturated carbocycles. The number of thioether (sulfide) groups is 1. The van der Waals surface area contributed by atoms with E-state index in [4.69, 9.17) is 9.63 Å². The van der Waals surface area contributed by atoms with Crippen LogP contribution in [0.1, 0.15) is 25.3 Å². The Morgan fingerprint density at radius 1 is 1.35 bits per heavy atom. The number of nitrogens with zero attached hydrogens (tertiary/aromatic N) is 2. The Hall–Kier alpha value is -1.82. The van der Waals surface area contributed by atoms with Crippen molar-refractivity contribution in [3.8, 4) is 11.4 Å². The SMILES string of the molecule is Cc1ccc(-c2noc(CSC(C)(C)C(=O)O)n2)cc1. The Kier molecular flexibility index (Phi) is 4.13. The molecule has 0 radical (unpaired) electrons. The molecule has 2 aromatic rings. The van der Waals surface area contributed by atoms with E-state index in [1.807, 2.05) is 31.2 Å². The molecular weight excluding hydrogens is 276 g/mol. The fourth-order valence-electron chi connectivity index (χ4n) is 1.44. The summed E-state index contributed by atoms with van der Waals surface area (Å²) in [7, 11) is 0. The molecule has 0 saturated heterocycles. The standard InChI is InChI=1S/C14H16N2O3S/c1-9-4-6-10(7-5-9)12-15-11(19-16-12)8-20-14(2,3)13(17)18/h4-7H,8H2,1-3H3,(H,17,18). The second-order valence-electron chi connectivity index (χ2n) is 4.98. The maximum Gasteiger partial charge on any atom is 0.319 e. The molecule has 0 aliphatic heterocycles. The highest BCUT2D eigenvalue weighted by Crippen LogP contribution is 2.28. The van der Waals surface area contributed by atoms with Gasteiger partial charge >= 0.3 is 5.97 Å². The molecule has 5 nitrogen and oxygen atoms in total. The molecule has 2 rings (SSSR count). The topological polar surface area (TPSA) is 76.2 Å². The van der Waals surface area contributed by atoms with Crippen molar-refractivity contribution < 1.29 is 14.4 Å². The minimum absolute atomic E-state index is 0.373. The molecule has 0 spiro atoms. The molecule has 1 aromatic heterocycles. The minimum atomic E-state index is -0.876. The molecule has 0 fully saturated rings. The average Bonchev–Trinajstić information content (AvgIpc) is 2.86. The first-order valence-corrected chi connectivity index (χ1v) is 7.14. The zero-order valence-corrected chi connectivity index (χ0v) is 12.4. The van der Waals surface area contributed by atoms with Gasteiger partial charge in [-0.1, -0.05) is 35.0 Å². The average molecular weight is 292 g/mol. The number of carboxylic acid groups (broad SMARTS) is 1. The maximum absolute atomic E-state index is 11.0. The van der Waals surface area contributed by atoms with Crippen molar-refractivity contribution in [1.29, 1.82) is 0 Å². The highest BCUT2D eigenvalue weighted by Gasteiger charge is 2.28. The Balaban J connectivity index is 2.06. The van der Waals surface area contributed by atoms with Gasteiger partial charge in [-0.3, -0.25) is 4.79 Å². The summed E-state index contributed by atoms with van der Waals surface area (Å²) in [5.74, 6) is 0.465. The third-order valence-corrected chi connectivity index (χ3v) is 4.14. The summed E-state index contributed by atoms with van der Waals surface area (Å²) >= 11 is 1.26. The van der Waals surface area contributed by atoms with E-state index in [1.54, 1.807) is 13.8 Å². The summed E-state index contributed by atoms with van der Waals surface area (Å²) in [6.07, 6.45) is 0. The largest absolute Gasteiger partial charge is 0.480 e. The molecule has 0 unspecified atom stereocenters. The fraction of sp³-hybridized carbons (Fsp3) is 0.357. The monoisotopic (exact) mass is 292 g/mol. The smallest absolute Gasteiger partial charge is 0.319 e. The van der Waals surface area contributed by atoms with Crippen LogP contribution in [0, 0.1) is 6.92 Å². The normalized spacial score (nSPS) is 11.6. The first kappa shape index (κ1) is 14.6. The first-order chi connectivity index (χ1) is 9.38. The molecule has 0 atom stereocenters. The van der Waals surface area contributed by atoms with Gasteiger partial charge in [0.05, 0.1) is 5.75 Å². The van der Waals surface area contributed by atoms with Gasteiger partial charge in [0.25, 0.3) is 0 Å². The van der Waals surface area contributed by atoms with Crippen LogP contribution >= 0.6 is 11.8 Å². The van der Waals surface area contributed by atoms with E-state index in [1.165, 1.54) is 11.8 Å². The van der Waals surface area contributed by atoms with Crippen molar-refractivity contribution in [2.24, 2.45) is 0 Å². The first-order valence-electron chi connectivity index (χ1n) is 6.15. The lowest BCUT2D eigenvalue weighted by Crippen LogP contribution is -2.27. The van der Waals surface area contributed by atoms with Gasteiger partial charge in [-0.05, 0) is 20.8 Å². The van der Waals surface area contributed by atoms with Crippen LogP contribution in [0.3, 0.4) is 0 Å². The van der Waals surface area contributed by atoms with Crippen LogP contribution < -0.4 is 0 Å². The summed E-state index contributed by atoms with van der Waals surface area (Å²) in [6.45, 7) is 5.31. The van der Waals surface area contributed by atoms with E-state index in [2.05, 4.69) is 10.1 Å². The molecule has 20 heavy (non-hydrogen) atoms. The van der Waals surface area contributed by atoms with E-state index in [9.17, 15) is 4.79 Å². The van der Waals surface area contributed by atoms with E-state index in [0.29, 0.717) is 17.5 Å². The van der Waals surface area contributed by atoms with Crippen molar-refractivity contribution in [3.05, 3.63) is 35.7 Å². The second-order valence-corrected chi connectivity index (χ2v) is 6.58. The van der Waals surface area contributed by atoms with Gasteiger partial charge in [0, 0.05) is 5.56 Å². The van der Waals surface area contributed by atoms with Gasteiger partial charge in [-0.15, -0.1) is 11.8 Å².